The van der Waals surface area contributed by atoms with Gasteiger partial charge in [0.25, 0.3) is 0 Å². The van der Waals surface area contributed by atoms with Crippen molar-refractivity contribution < 1.29 is 0 Å². The van der Waals surface area contributed by atoms with Crippen LogP contribution < -0.4 is 4.90 Å². The second-order valence-electron chi connectivity index (χ2n) is 23.0. The van der Waals surface area contributed by atoms with Gasteiger partial charge in [-0.15, -0.1) is 0 Å². The van der Waals surface area contributed by atoms with E-state index in [4.69, 9.17) is 0 Å². The summed E-state index contributed by atoms with van der Waals surface area (Å²) in [5.41, 5.74) is 26.4. The molecule has 0 saturated carbocycles. The number of hydrogen-bond acceptors (Lipinski definition) is 1. The highest BCUT2D eigenvalue weighted by Crippen LogP contribution is 2.65. The molecular formula is C70H59N. The third kappa shape index (κ3) is 5.93. The third-order valence-corrected chi connectivity index (χ3v) is 17.8. The predicted molar refractivity (Wildman–Crippen MR) is 299 cm³/mol. The van der Waals surface area contributed by atoms with Crippen LogP contribution in [0.2, 0.25) is 0 Å². The van der Waals surface area contributed by atoms with Gasteiger partial charge in [-0.25, -0.2) is 0 Å². The summed E-state index contributed by atoms with van der Waals surface area (Å²) in [5.74, 6) is 0. The molecule has 1 spiro atoms. The van der Waals surface area contributed by atoms with Crippen molar-refractivity contribution in [3.05, 3.63) is 256 Å². The lowest BCUT2D eigenvalue weighted by Crippen LogP contribution is -2.35. The van der Waals surface area contributed by atoms with E-state index in [1.54, 1.807) is 0 Å². The minimum absolute atomic E-state index is 0.0172. The Bertz CT molecular complexity index is 3750. The lowest BCUT2D eigenvalue weighted by atomic mass is 9.61. The first-order valence-corrected chi connectivity index (χ1v) is 26.0. The maximum absolute atomic E-state index is 2.75. The number of hydrogen-bond donors (Lipinski definition) is 0. The van der Waals surface area contributed by atoms with Crippen molar-refractivity contribution in [2.45, 2.75) is 88.5 Å². The molecule has 0 saturated heterocycles. The number of benzene rings is 9. The van der Waals surface area contributed by atoms with Crippen molar-refractivity contribution in [3.8, 4) is 44.5 Å². The fourth-order valence-corrected chi connectivity index (χ4v) is 14.2. The topological polar surface area (TPSA) is 3.24 Å². The Morgan fingerprint density at radius 2 is 0.972 bits per heavy atom. The maximum Gasteiger partial charge on any atom is 0.0726 e. The van der Waals surface area contributed by atoms with Crippen LogP contribution in [0.25, 0.3) is 60.9 Å². The molecule has 0 aliphatic heterocycles. The van der Waals surface area contributed by atoms with Crippen LogP contribution in [0.1, 0.15) is 111 Å². The molecule has 1 unspecified atom stereocenters. The van der Waals surface area contributed by atoms with Gasteiger partial charge >= 0.3 is 0 Å². The van der Waals surface area contributed by atoms with Gasteiger partial charge in [0.2, 0.25) is 0 Å². The number of nitrogens with zero attached hydrogens (tertiary/aromatic N) is 1. The molecule has 5 aliphatic rings. The smallest absolute Gasteiger partial charge is 0.0726 e. The zero-order valence-electron chi connectivity index (χ0n) is 41.8. The van der Waals surface area contributed by atoms with Gasteiger partial charge in [-0.2, -0.15) is 0 Å². The van der Waals surface area contributed by atoms with E-state index in [-0.39, 0.29) is 22.3 Å². The Kier molecular flexibility index (Phi) is 8.97. The molecule has 0 N–H and O–H groups in total. The summed E-state index contributed by atoms with van der Waals surface area (Å²) < 4.78 is 0. The molecule has 344 valence electrons. The van der Waals surface area contributed by atoms with Gasteiger partial charge in [-0.3, -0.25) is 0 Å². The summed E-state index contributed by atoms with van der Waals surface area (Å²) in [7, 11) is 0. The summed E-state index contributed by atoms with van der Waals surface area (Å²) in [6.45, 7) is 14.8. The molecule has 1 atom stereocenters. The predicted octanol–water partition coefficient (Wildman–Crippen LogP) is 18.1. The molecule has 1 heteroatoms. The van der Waals surface area contributed by atoms with E-state index < -0.39 is 5.41 Å². The average Bonchev–Trinajstić information content (AvgIpc) is 3.95. The first-order chi connectivity index (χ1) is 34.4. The van der Waals surface area contributed by atoms with Crippen molar-refractivity contribution in [2.24, 2.45) is 0 Å². The molecule has 0 radical (unpaired) electrons. The lowest BCUT2D eigenvalue weighted by Gasteiger charge is -2.44. The van der Waals surface area contributed by atoms with E-state index in [9.17, 15) is 0 Å². The van der Waals surface area contributed by atoms with Gasteiger partial charge in [0.15, 0.2) is 0 Å². The van der Waals surface area contributed by atoms with Crippen LogP contribution in [-0.2, 0) is 21.7 Å². The first-order valence-electron chi connectivity index (χ1n) is 26.0. The second kappa shape index (κ2) is 15.0. The average molecular weight is 914 g/mol. The van der Waals surface area contributed by atoms with E-state index in [1.165, 1.54) is 129 Å². The Morgan fingerprint density at radius 3 is 1.65 bits per heavy atom. The van der Waals surface area contributed by atoms with Gasteiger partial charge in [0, 0.05) is 22.4 Å². The van der Waals surface area contributed by atoms with Gasteiger partial charge < -0.3 is 4.90 Å². The summed E-state index contributed by atoms with van der Waals surface area (Å²) in [4.78, 5) is 2.75. The molecule has 14 rings (SSSR count). The van der Waals surface area contributed by atoms with Gasteiger partial charge in [0.05, 0.1) is 11.5 Å². The SMILES string of the molecule is CC1(C)CCC(C)(C)c2c(-c3cc4c(cc3N(c3ccc5c(c3)C(C)(C)c3ccccc3-5)C3C=CC(c5ccc6ccccc6c5)=CC3)C3(c5ccccc5-c5ccccc53)c3ccccc3-4)cccc21. The standard InChI is InChI=1S/C70H59N/c1-67(2)38-39-68(3,4)66-55(24-17-29-62(66)67)57-42-56-53-23-12-16-28-61(53)70(59-26-14-10-21-51(59)52-22-11-15-27-60(52)70)64(56)43-65(57)71(49-36-37-54-50-20-9-13-25-58(50)69(5,6)63(54)41-49)48-34-32-45(33-35-48)47-31-30-44-18-7-8-19-46(44)40-47/h7-34,36-37,40-43,48H,35,38-39H2,1-6H3. The van der Waals surface area contributed by atoms with Crippen LogP contribution in [0.3, 0.4) is 0 Å². The minimum atomic E-state index is -0.484. The van der Waals surface area contributed by atoms with Crippen LogP contribution in [0.15, 0.2) is 206 Å². The monoisotopic (exact) mass is 913 g/mol. The molecule has 0 heterocycles. The lowest BCUT2D eigenvalue weighted by molar-refractivity contribution is 0.333. The molecule has 71 heavy (non-hydrogen) atoms. The van der Waals surface area contributed by atoms with Gasteiger partial charge in [-0.1, -0.05) is 217 Å². The van der Waals surface area contributed by atoms with Gasteiger partial charge in [0.1, 0.15) is 0 Å². The number of fused-ring (bicyclic) bond motifs is 15. The molecule has 5 aliphatic carbocycles. The quantitative estimate of drug-likeness (QED) is 0.166. The summed E-state index contributed by atoms with van der Waals surface area (Å²) in [5, 5.41) is 2.54. The first kappa shape index (κ1) is 42.4. The largest absolute Gasteiger partial charge is 0.334 e. The van der Waals surface area contributed by atoms with Gasteiger partial charge in [-0.05, 0) is 166 Å². The molecule has 9 aromatic rings. The highest BCUT2D eigenvalue weighted by Gasteiger charge is 2.52. The maximum atomic E-state index is 2.75. The highest BCUT2D eigenvalue weighted by atomic mass is 15.2. The Morgan fingerprint density at radius 1 is 0.408 bits per heavy atom. The van der Waals surface area contributed by atoms with E-state index >= 15 is 0 Å². The zero-order valence-corrected chi connectivity index (χ0v) is 41.8. The van der Waals surface area contributed by atoms with E-state index in [2.05, 4.69) is 253 Å². The third-order valence-electron chi connectivity index (χ3n) is 17.8. The molecule has 1 nitrogen and oxygen atoms in total. The van der Waals surface area contributed by atoms with Crippen molar-refractivity contribution in [3.63, 3.8) is 0 Å². The number of rotatable bonds is 5. The number of anilines is 2. The van der Waals surface area contributed by atoms with Crippen LogP contribution >= 0.6 is 0 Å². The molecule has 0 fully saturated rings. The van der Waals surface area contributed by atoms with Crippen LogP contribution in [0.4, 0.5) is 11.4 Å². The fraction of sp³-hybridized carbons (Fsp3) is 0.200. The molecule has 0 bridgehead atoms. The minimum Gasteiger partial charge on any atom is -0.334 e. The van der Waals surface area contributed by atoms with Crippen LogP contribution in [-0.4, -0.2) is 6.04 Å². The zero-order chi connectivity index (χ0) is 48.0. The second-order valence-corrected chi connectivity index (χ2v) is 23.0. The summed E-state index contributed by atoms with van der Waals surface area (Å²) >= 11 is 0. The van der Waals surface area contributed by atoms with E-state index in [0.717, 1.165) is 12.8 Å². The Balaban J connectivity index is 1.07. The highest BCUT2D eigenvalue weighted by molar-refractivity contribution is 6.00. The number of allylic oxidation sites excluding steroid dienone is 2. The summed E-state index contributed by atoms with van der Waals surface area (Å²) in [6, 6.07) is 72.5. The van der Waals surface area contributed by atoms with Crippen molar-refractivity contribution in [1.82, 2.24) is 0 Å². The molecule has 9 aromatic carbocycles. The molecular weight excluding hydrogens is 855 g/mol. The Labute approximate surface area is 419 Å². The molecule has 0 amide bonds. The van der Waals surface area contributed by atoms with Crippen LogP contribution in [0, 0.1) is 0 Å². The Hall–Kier alpha value is -7.48. The molecule has 0 aromatic heterocycles. The summed E-state index contributed by atoms with van der Waals surface area (Å²) in [6.07, 6.45) is 10.6. The fourth-order valence-electron chi connectivity index (χ4n) is 14.2. The normalized spacial score (nSPS) is 18.5. The van der Waals surface area contributed by atoms with Crippen LogP contribution in [0.5, 0.6) is 0 Å². The van der Waals surface area contributed by atoms with Crippen molar-refractivity contribution in [2.75, 3.05) is 4.90 Å². The van der Waals surface area contributed by atoms with E-state index in [0.29, 0.717) is 0 Å². The van der Waals surface area contributed by atoms with Crippen molar-refractivity contribution in [1.29, 1.82) is 0 Å². The van der Waals surface area contributed by atoms with E-state index in [1.807, 2.05) is 0 Å². The van der Waals surface area contributed by atoms with Crippen molar-refractivity contribution >= 4 is 27.7 Å².